The molecule has 3 saturated heterocycles. The van der Waals surface area contributed by atoms with Gasteiger partial charge < -0.3 is 24.6 Å². The van der Waals surface area contributed by atoms with Crippen LogP contribution in [0.15, 0.2) is 97.1 Å². The minimum absolute atomic E-state index is 0.0984. The van der Waals surface area contributed by atoms with E-state index in [-0.39, 0.29) is 18.7 Å². The highest BCUT2D eigenvalue weighted by atomic mass is 16.5. The predicted octanol–water partition coefficient (Wildman–Crippen LogP) is 3.35. The van der Waals surface area contributed by atoms with Crippen molar-refractivity contribution in [3.8, 4) is 5.75 Å². The fraction of sp³-hybridized carbons (Fsp3) is 0.375. The smallest absolute Gasteiger partial charge is 0.488 e. The summed E-state index contributed by atoms with van der Waals surface area (Å²) in [5.74, 6) is -1.11. The molecule has 0 bridgehead atoms. The van der Waals surface area contributed by atoms with E-state index in [4.69, 9.17) is 4.74 Å². The van der Waals surface area contributed by atoms with Gasteiger partial charge >= 0.3 is 7.12 Å². The van der Waals surface area contributed by atoms with Gasteiger partial charge in [0.05, 0.1) is 11.1 Å². The molecule has 0 saturated carbocycles. The average molecular weight is 839 g/mol. The van der Waals surface area contributed by atoms with Crippen LogP contribution >= 0.6 is 0 Å². The largest absolute Gasteiger partial charge is 0.492 e. The number of amides is 4. The van der Waals surface area contributed by atoms with Crippen LogP contribution in [0.2, 0.25) is 0 Å². The predicted molar refractivity (Wildman–Crippen MR) is 240 cm³/mol. The van der Waals surface area contributed by atoms with E-state index < -0.39 is 30.9 Å². The molecule has 4 amide bonds. The Morgan fingerprint density at radius 2 is 1.29 bits per heavy atom. The Bertz CT molecular complexity index is 2270. The molecule has 14 heteroatoms. The Morgan fingerprint density at radius 3 is 1.90 bits per heavy atom. The standard InChI is InChI=1S/C48H55BN6O7/c1-2-40(34-7-4-3-5-8-34)45(35-9-13-37(14-10-35)49(60)61)36-11-16-39(17-12-36)62-32-31-53-25-23-51(24-26-53)21-6-22-52-27-29-54(30-28-52)38-15-18-41-42(33-38)48(59)55(47(41)58)43-19-20-44(56)50-46(43)57/h3-5,7-18,33,43,60-61H,2,6,19-32H2,1H3,(H,50,56,57)/b45-40-. The molecule has 3 fully saturated rings. The normalized spacial score (nSPS) is 19.4. The van der Waals surface area contributed by atoms with Crippen LogP contribution in [0, 0.1) is 0 Å². The van der Waals surface area contributed by atoms with Crippen LogP contribution in [0.25, 0.3) is 11.1 Å². The fourth-order valence-corrected chi connectivity index (χ4v) is 9.15. The van der Waals surface area contributed by atoms with Gasteiger partial charge in [-0.3, -0.25) is 39.2 Å². The van der Waals surface area contributed by atoms with Gasteiger partial charge in [0.2, 0.25) is 11.8 Å². The number of hydrogen-bond acceptors (Lipinski definition) is 11. The summed E-state index contributed by atoms with van der Waals surface area (Å²) in [5.41, 5.74) is 7.55. The molecule has 0 aliphatic carbocycles. The summed E-state index contributed by atoms with van der Waals surface area (Å²) in [6, 6.07) is 30.5. The summed E-state index contributed by atoms with van der Waals surface area (Å²) in [4.78, 5) is 61.3. The van der Waals surface area contributed by atoms with E-state index in [0.717, 1.165) is 123 Å². The molecule has 4 heterocycles. The third kappa shape index (κ3) is 9.70. The maximum Gasteiger partial charge on any atom is 0.488 e. The molecule has 4 aromatic carbocycles. The fourth-order valence-electron chi connectivity index (χ4n) is 9.15. The molecule has 0 radical (unpaired) electrons. The number of benzene rings is 4. The highest BCUT2D eigenvalue weighted by Crippen LogP contribution is 2.35. The molecular weight excluding hydrogens is 783 g/mol. The third-order valence-electron chi connectivity index (χ3n) is 12.7. The van der Waals surface area contributed by atoms with E-state index in [0.29, 0.717) is 23.2 Å². The first-order valence-electron chi connectivity index (χ1n) is 21.9. The number of piperidine rings is 1. The van der Waals surface area contributed by atoms with Gasteiger partial charge in [0.25, 0.3) is 11.8 Å². The number of hydrogen-bond donors (Lipinski definition) is 3. The van der Waals surface area contributed by atoms with Gasteiger partial charge in [-0.15, -0.1) is 0 Å². The number of imide groups is 2. The number of fused-ring (bicyclic) bond motifs is 1. The van der Waals surface area contributed by atoms with Crippen molar-refractivity contribution in [3.05, 3.63) is 125 Å². The second-order valence-electron chi connectivity index (χ2n) is 16.5. The molecule has 8 rings (SSSR count). The molecule has 13 nitrogen and oxygen atoms in total. The van der Waals surface area contributed by atoms with E-state index >= 15 is 0 Å². The van der Waals surface area contributed by atoms with Gasteiger partial charge in [0.15, 0.2) is 0 Å². The monoisotopic (exact) mass is 838 g/mol. The Hall–Kier alpha value is -5.64. The minimum Gasteiger partial charge on any atom is -0.492 e. The Morgan fingerprint density at radius 1 is 0.694 bits per heavy atom. The molecule has 3 N–H and O–H groups in total. The highest BCUT2D eigenvalue weighted by Gasteiger charge is 2.45. The van der Waals surface area contributed by atoms with Gasteiger partial charge in [0.1, 0.15) is 18.4 Å². The molecule has 62 heavy (non-hydrogen) atoms. The molecule has 4 aromatic rings. The molecule has 322 valence electrons. The number of nitrogens with one attached hydrogen (secondary N) is 1. The van der Waals surface area contributed by atoms with Crippen molar-refractivity contribution in [1.82, 2.24) is 24.9 Å². The maximum absolute atomic E-state index is 13.3. The van der Waals surface area contributed by atoms with Crippen molar-refractivity contribution in [2.45, 2.75) is 38.6 Å². The molecule has 4 aliphatic heterocycles. The quantitative estimate of drug-likeness (QED) is 0.0922. The molecule has 4 aliphatic rings. The zero-order chi connectivity index (χ0) is 43.2. The summed E-state index contributed by atoms with van der Waals surface area (Å²) in [6.45, 7) is 13.3. The first-order valence-corrected chi connectivity index (χ1v) is 21.9. The SMILES string of the molecule is CC/C(=C(/c1ccc(OCCN2CCN(CCCN3CCN(c4ccc5c(c4)C(=O)N(C4CCC(=O)NC4=O)C5=O)CC3)CC2)cc1)c1ccc(B(O)O)cc1)c1ccccc1. The van der Waals surface area contributed by atoms with E-state index in [1.54, 1.807) is 24.3 Å². The van der Waals surface area contributed by atoms with Gasteiger partial charge in [0, 0.05) is 71.0 Å². The second kappa shape index (κ2) is 19.6. The molecule has 1 atom stereocenters. The Kier molecular flexibility index (Phi) is 13.6. The summed E-state index contributed by atoms with van der Waals surface area (Å²) in [6.07, 6.45) is 2.18. The van der Waals surface area contributed by atoms with Gasteiger partial charge in [-0.1, -0.05) is 73.7 Å². The van der Waals surface area contributed by atoms with Crippen LogP contribution in [0.5, 0.6) is 5.75 Å². The van der Waals surface area contributed by atoms with Crippen molar-refractivity contribution in [3.63, 3.8) is 0 Å². The number of allylic oxidation sites excluding steroid dienone is 1. The zero-order valence-electron chi connectivity index (χ0n) is 35.4. The summed E-state index contributed by atoms with van der Waals surface area (Å²) in [7, 11) is -1.51. The van der Waals surface area contributed by atoms with E-state index in [9.17, 15) is 29.2 Å². The van der Waals surface area contributed by atoms with Crippen LogP contribution in [0.4, 0.5) is 5.69 Å². The summed E-state index contributed by atoms with van der Waals surface area (Å²) >= 11 is 0. The number of ether oxygens (including phenoxy) is 1. The highest BCUT2D eigenvalue weighted by molar-refractivity contribution is 6.58. The van der Waals surface area contributed by atoms with Crippen molar-refractivity contribution in [1.29, 1.82) is 0 Å². The van der Waals surface area contributed by atoms with E-state index in [1.807, 2.05) is 36.4 Å². The van der Waals surface area contributed by atoms with Crippen molar-refractivity contribution in [2.75, 3.05) is 83.5 Å². The number of rotatable bonds is 15. The number of piperazine rings is 2. The van der Waals surface area contributed by atoms with E-state index in [1.165, 1.54) is 5.57 Å². The average Bonchev–Trinajstić information content (AvgIpc) is 3.54. The first-order chi connectivity index (χ1) is 30.2. The lowest BCUT2D eigenvalue weighted by Crippen LogP contribution is -2.54. The minimum atomic E-state index is -1.51. The second-order valence-corrected chi connectivity index (χ2v) is 16.5. The van der Waals surface area contributed by atoms with Crippen LogP contribution < -0.4 is 20.4 Å². The molecule has 1 unspecified atom stereocenters. The zero-order valence-corrected chi connectivity index (χ0v) is 35.4. The van der Waals surface area contributed by atoms with Crippen LogP contribution in [-0.2, 0) is 9.59 Å². The lowest BCUT2D eigenvalue weighted by Gasteiger charge is -2.37. The Labute approximate surface area is 363 Å². The number of carbonyl (C=O) groups is 4. The van der Waals surface area contributed by atoms with Crippen molar-refractivity contribution < 1.29 is 34.0 Å². The summed E-state index contributed by atoms with van der Waals surface area (Å²) < 4.78 is 6.23. The van der Waals surface area contributed by atoms with E-state index in [2.05, 4.69) is 68.2 Å². The van der Waals surface area contributed by atoms with Gasteiger partial charge in [-0.2, -0.15) is 0 Å². The summed E-state index contributed by atoms with van der Waals surface area (Å²) in [5, 5.41) is 21.6. The van der Waals surface area contributed by atoms with Crippen LogP contribution in [-0.4, -0.2) is 145 Å². The lowest BCUT2D eigenvalue weighted by molar-refractivity contribution is -0.136. The Balaban J connectivity index is 0.754. The topological polar surface area (TPSA) is 146 Å². The third-order valence-corrected chi connectivity index (χ3v) is 12.7. The molecule has 0 aromatic heterocycles. The van der Waals surface area contributed by atoms with Crippen LogP contribution in [0.1, 0.15) is 70.0 Å². The van der Waals surface area contributed by atoms with Crippen LogP contribution in [0.3, 0.4) is 0 Å². The number of nitrogens with zero attached hydrogens (tertiary/aromatic N) is 5. The number of carbonyl (C=O) groups excluding carboxylic acids is 4. The molecule has 0 spiro atoms. The molecular formula is C48H55BN6O7. The van der Waals surface area contributed by atoms with Gasteiger partial charge in [-0.25, -0.2) is 0 Å². The maximum atomic E-state index is 13.3. The van der Waals surface area contributed by atoms with Gasteiger partial charge in [-0.05, 0) is 96.0 Å². The number of anilines is 1. The first kappa shape index (κ1) is 43.0. The lowest BCUT2D eigenvalue weighted by atomic mass is 9.79. The van der Waals surface area contributed by atoms with Crippen molar-refractivity contribution >= 4 is 53.0 Å². The van der Waals surface area contributed by atoms with Crippen molar-refractivity contribution in [2.24, 2.45) is 0 Å².